The fourth-order valence-corrected chi connectivity index (χ4v) is 2.13. The van der Waals surface area contributed by atoms with Crippen LogP contribution in [0.3, 0.4) is 0 Å². The van der Waals surface area contributed by atoms with Crippen LogP contribution in [0.15, 0.2) is 36.4 Å². The Balaban J connectivity index is 2.72. The maximum Gasteiger partial charge on any atom is 0.131 e. The average Bonchev–Trinajstić information content (AvgIpc) is 2.33. The molecule has 2 rings (SSSR count). The van der Waals surface area contributed by atoms with E-state index in [0.29, 0.717) is 26.7 Å². The van der Waals surface area contributed by atoms with E-state index in [-0.39, 0.29) is 12.4 Å². The van der Waals surface area contributed by atoms with Crippen LogP contribution >= 0.6 is 23.2 Å². The van der Waals surface area contributed by atoms with E-state index in [0.717, 1.165) is 0 Å². The van der Waals surface area contributed by atoms with Gasteiger partial charge in [-0.2, -0.15) is 0 Å². The molecule has 0 unspecified atom stereocenters. The molecule has 0 saturated carbocycles. The van der Waals surface area contributed by atoms with Crippen LogP contribution in [0.2, 0.25) is 10.0 Å². The molecule has 0 aliphatic heterocycles. The molecule has 88 valence electrons. The molecule has 0 fully saturated rings. The van der Waals surface area contributed by atoms with Crippen molar-refractivity contribution in [2.75, 3.05) is 0 Å². The molecular weight excluding hydrogens is 260 g/mol. The maximum absolute atomic E-state index is 13.9. The molecule has 1 nitrogen and oxygen atoms in total. The second-order valence-corrected chi connectivity index (χ2v) is 4.36. The Labute approximate surface area is 109 Å². The lowest BCUT2D eigenvalue weighted by molar-refractivity contribution is 0.629. The summed E-state index contributed by atoms with van der Waals surface area (Å²) in [5.41, 5.74) is 7.29. The predicted octanol–water partition coefficient (Wildman–Crippen LogP) is 4.26. The lowest BCUT2D eigenvalue weighted by atomic mass is 9.99. The van der Waals surface area contributed by atoms with Gasteiger partial charge in [0, 0.05) is 17.7 Å². The lowest BCUT2D eigenvalue weighted by Gasteiger charge is -2.11. The van der Waals surface area contributed by atoms with E-state index in [1.807, 2.05) is 0 Å². The van der Waals surface area contributed by atoms with Gasteiger partial charge in [-0.25, -0.2) is 4.39 Å². The number of nitrogens with two attached hydrogens (primary N) is 1. The Hall–Kier alpha value is -1.09. The van der Waals surface area contributed by atoms with Gasteiger partial charge in [-0.3, -0.25) is 0 Å². The van der Waals surface area contributed by atoms with Gasteiger partial charge >= 0.3 is 0 Å². The molecule has 4 heteroatoms. The first-order chi connectivity index (χ1) is 8.15. The van der Waals surface area contributed by atoms with E-state index >= 15 is 0 Å². The van der Waals surface area contributed by atoms with E-state index in [4.69, 9.17) is 28.9 Å². The highest BCUT2D eigenvalue weighted by molar-refractivity contribution is 6.43. The van der Waals surface area contributed by atoms with Crippen molar-refractivity contribution in [1.82, 2.24) is 0 Å². The zero-order valence-corrected chi connectivity index (χ0v) is 10.4. The van der Waals surface area contributed by atoms with E-state index in [1.54, 1.807) is 30.3 Å². The SMILES string of the molecule is NCc1cccc(F)c1-c1cccc(Cl)c1Cl. The van der Waals surface area contributed by atoms with Crippen molar-refractivity contribution in [2.45, 2.75) is 6.54 Å². The Morgan fingerprint density at radius 1 is 1.06 bits per heavy atom. The number of halogens is 3. The highest BCUT2D eigenvalue weighted by atomic mass is 35.5. The first-order valence-corrected chi connectivity index (χ1v) is 5.82. The van der Waals surface area contributed by atoms with Gasteiger partial charge in [-0.05, 0) is 17.7 Å². The summed E-state index contributed by atoms with van der Waals surface area (Å²) in [6.45, 7) is 0.246. The molecule has 2 N–H and O–H groups in total. The molecule has 0 heterocycles. The largest absolute Gasteiger partial charge is 0.326 e. The van der Waals surface area contributed by atoms with Crippen molar-refractivity contribution >= 4 is 23.2 Å². The Bertz CT molecular complexity index is 555. The molecule has 0 aliphatic rings. The van der Waals surface area contributed by atoms with Gasteiger partial charge in [0.1, 0.15) is 5.82 Å². The topological polar surface area (TPSA) is 26.0 Å². The Morgan fingerprint density at radius 2 is 1.76 bits per heavy atom. The van der Waals surface area contributed by atoms with Crippen LogP contribution in [0.5, 0.6) is 0 Å². The summed E-state index contributed by atoms with van der Waals surface area (Å²) in [5.74, 6) is -0.350. The number of hydrogen-bond acceptors (Lipinski definition) is 1. The smallest absolute Gasteiger partial charge is 0.131 e. The van der Waals surface area contributed by atoms with Gasteiger partial charge in [0.25, 0.3) is 0 Å². The van der Waals surface area contributed by atoms with E-state index in [9.17, 15) is 4.39 Å². The van der Waals surface area contributed by atoms with Gasteiger partial charge < -0.3 is 5.73 Å². The molecule has 0 aliphatic carbocycles. The van der Waals surface area contributed by atoms with Crippen LogP contribution < -0.4 is 5.73 Å². The third kappa shape index (κ3) is 2.29. The summed E-state index contributed by atoms with van der Waals surface area (Å²) in [6, 6.07) is 9.90. The van der Waals surface area contributed by atoms with Crippen LogP contribution in [-0.2, 0) is 6.54 Å². The minimum atomic E-state index is -0.350. The Kier molecular flexibility index (Phi) is 3.67. The molecular formula is C13H10Cl2FN. The quantitative estimate of drug-likeness (QED) is 0.866. The molecule has 0 amide bonds. The highest BCUT2D eigenvalue weighted by Crippen LogP contribution is 2.36. The summed E-state index contributed by atoms with van der Waals surface area (Å²) in [4.78, 5) is 0. The van der Waals surface area contributed by atoms with Crippen LogP contribution in [0.1, 0.15) is 5.56 Å². The molecule has 0 saturated heterocycles. The minimum Gasteiger partial charge on any atom is -0.326 e. The molecule has 17 heavy (non-hydrogen) atoms. The lowest BCUT2D eigenvalue weighted by Crippen LogP contribution is -2.01. The van der Waals surface area contributed by atoms with Gasteiger partial charge in [-0.1, -0.05) is 47.5 Å². The van der Waals surface area contributed by atoms with E-state index < -0.39 is 0 Å². The van der Waals surface area contributed by atoms with Gasteiger partial charge in [0.2, 0.25) is 0 Å². The first-order valence-electron chi connectivity index (χ1n) is 5.07. The fourth-order valence-electron chi connectivity index (χ4n) is 1.74. The first kappa shape index (κ1) is 12.4. The molecule has 0 radical (unpaired) electrons. The molecule has 0 spiro atoms. The van der Waals surface area contributed by atoms with Gasteiger partial charge in [0.15, 0.2) is 0 Å². The molecule has 2 aromatic rings. The number of benzene rings is 2. The van der Waals surface area contributed by atoms with Crippen molar-refractivity contribution in [1.29, 1.82) is 0 Å². The van der Waals surface area contributed by atoms with Gasteiger partial charge in [0.05, 0.1) is 10.0 Å². The van der Waals surface area contributed by atoms with Crippen LogP contribution in [-0.4, -0.2) is 0 Å². The molecule has 0 atom stereocenters. The zero-order valence-electron chi connectivity index (χ0n) is 8.88. The highest BCUT2D eigenvalue weighted by Gasteiger charge is 2.14. The number of rotatable bonds is 2. The van der Waals surface area contributed by atoms with Crippen molar-refractivity contribution in [3.8, 4) is 11.1 Å². The summed E-state index contributed by atoms with van der Waals surface area (Å²) >= 11 is 12.0. The van der Waals surface area contributed by atoms with Gasteiger partial charge in [-0.15, -0.1) is 0 Å². The third-order valence-corrected chi connectivity index (χ3v) is 3.36. The zero-order chi connectivity index (χ0) is 12.4. The molecule has 0 bridgehead atoms. The Morgan fingerprint density at radius 3 is 2.47 bits per heavy atom. The summed E-state index contributed by atoms with van der Waals surface area (Å²) in [6.07, 6.45) is 0. The summed E-state index contributed by atoms with van der Waals surface area (Å²) in [5, 5.41) is 0.740. The second kappa shape index (κ2) is 5.05. The van der Waals surface area contributed by atoms with Crippen molar-refractivity contribution in [3.63, 3.8) is 0 Å². The standard InChI is InChI=1S/C13H10Cl2FN/c14-10-5-2-4-9(13(10)15)12-8(7-17)3-1-6-11(12)16/h1-6H,7,17H2. The molecule has 0 aromatic heterocycles. The van der Waals surface area contributed by atoms with E-state index in [1.165, 1.54) is 6.07 Å². The third-order valence-electron chi connectivity index (χ3n) is 2.54. The van der Waals surface area contributed by atoms with E-state index in [2.05, 4.69) is 0 Å². The monoisotopic (exact) mass is 269 g/mol. The normalized spacial score (nSPS) is 10.6. The predicted molar refractivity (Wildman–Crippen MR) is 69.7 cm³/mol. The van der Waals surface area contributed by atoms with Crippen LogP contribution in [0, 0.1) is 5.82 Å². The second-order valence-electron chi connectivity index (χ2n) is 3.58. The minimum absolute atomic E-state index is 0.246. The average molecular weight is 270 g/mol. The maximum atomic E-state index is 13.9. The van der Waals surface area contributed by atoms with Crippen LogP contribution in [0.25, 0.3) is 11.1 Å². The summed E-state index contributed by atoms with van der Waals surface area (Å²) < 4.78 is 13.9. The van der Waals surface area contributed by atoms with Crippen molar-refractivity contribution < 1.29 is 4.39 Å². The van der Waals surface area contributed by atoms with Crippen molar-refractivity contribution in [3.05, 3.63) is 57.8 Å². The van der Waals surface area contributed by atoms with Crippen LogP contribution in [0.4, 0.5) is 4.39 Å². The van der Waals surface area contributed by atoms with Crippen molar-refractivity contribution in [2.24, 2.45) is 5.73 Å². The number of hydrogen-bond donors (Lipinski definition) is 1. The molecule has 2 aromatic carbocycles. The summed E-state index contributed by atoms with van der Waals surface area (Å²) in [7, 11) is 0. The fraction of sp³-hybridized carbons (Fsp3) is 0.0769.